The zero-order chi connectivity index (χ0) is 10.9. The summed E-state index contributed by atoms with van der Waals surface area (Å²) in [5.74, 6) is -0.766. The van der Waals surface area contributed by atoms with Crippen LogP contribution in [-0.2, 0) is 11.2 Å². The molecule has 0 bridgehead atoms. The number of carboxylic acids is 1. The zero-order valence-corrected chi connectivity index (χ0v) is 8.85. The summed E-state index contributed by atoms with van der Waals surface area (Å²) in [6.07, 6.45) is 3.65. The Balaban J connectivity index is 0.000000162. The summed E-state index contributed by atoms with van der Waals surface area (Å²) in [6.45, 7) is 0. The quantitative estimate of drug-likeness (QED) is 0.847. The Bertz CT molecular complexity index is 346. The van der Waals surface area contributed by atoms with Gasteiger partial charge in [-0.3, -0.25) is 9.78 Å². The molecule has 2 aromatic rings. The molecule has 0 atom stereocenters. The maximum Gasteiger partial charge on any atom is 0.308 e. The number of rotatable bonds is 2. The van der Waals surface area contributed by atoms with E-state index in [1.165, 1.54) is 11.3 Å². The number of aromatic nitrogens is 1. The maximum absolute atomic E-state index is 10.1. The standard InChI is InChI=1S/C6H6O2S.C5H5N/c7-6(8)4-5-2-1-3-9-5;1-2-4-6-5-3-1/h1-3H,4H2,(H,7,8);1-5H. The third kappa shape index (κ3) is 5.59. The molecule has 0 amide bonds. The number of aliphatic carboxylic acids is 1. The van der Waals surface area contributed by atoms with Crippen molar-refractivity contribution in [1.29, 1.82) is 0 Å². The van der Waals surface area contributed by atoms with Crippen molar-refractivity contribution in [3.8, 4) is 0 Å². The number of hydrogen-bond donors (Lipinski definition) is 1. The molecular formula is C11H11NO2S. The van der Waals surface area contributed by atoms with Crippen molar-refractivity contribution < 1.29 is 9.90 Å². The van der Waals surface area contributed by atoms with E-state index in [0.29, 0.717) is 0 Å². The average molecular weight is 221 g/mol. The van der Waals surface area contributed by atoms with Crippen molar-refractivity contribution >= 4 is 17.3 Å². The van der Waals surface area contributed by atoms with Gasteiger partial charge in [0.15, 0.2) is 0 Å². The molecule has 0 fully saturated rings. The summed E-state index contributed by atoms with van der Waals surface area (Å²) >= 11 is 1.47. The fraction of sp³-hybridized carbons (Fsp3) is 0.0909. The predicted molar refractivity (Wildman–Crippen MR) is 59.9 cm³/mol. The summed E-state index contributed by atoms with van der Waals surface area (Å²) in [7, 11) is 0. The van der Waals surface area contributed by atoms with Gasteiger partial charge in [0.2, 0.25) is 0 Å². The largest absolute Gasteiger partial charge is 0.481 e. The van der Waals surface area contributed by atoms with E-state index >= 15 is 0 Å². The molecule has 0 aliphatic rings. The highest BCUT2D eigenvalue weighted by Crippen LogP contribution is 2.08. The Kier molecular flexibility index (Phi) is 5.11. The molecule has 0 unspecified atom stereocenters. The van der Waals surface area contributed by atoms with Gasteiger partial charge in [0.05, 0.1) is 6.42 Å². The molecule has 1 N–H and O–H groups in total. The van der Waals surface area contributed by atoms with Gasteiger partial charge in [0.1, 0.15) is 0 Å². The van der Waals surface area contributed by atoms with E-state index in [9.17, 15) is 4.79 Å². The molecule has 78 valence electrons. The Morgan fingerprint density at radius 1 is 1.27 bits per heavy atom. The van der Waals surface area contributed by atoms with Crippen LogP contribution in [0.3, 0.4) is 0 Å². The van der Waals surface area contributed by atoms with Crippen LogP contribution in [-0.4, -0.2) is 16.1 Å². The van der Waals surface area contributed by atoms with Crippen molar-refractivity contribution in [1.82, 2.24) is 4.98 Å². The second-order valence-corrected chi connectivity index (χ2v) is 3.71. The zero-order valence-electron chi connectivity index (χ0n) is 8.04. The molecule has 2 heterocycles. The Morgan fingerprint density at radius 2 is 2.00 bits per heavy atom. The fourth-order valence-corrected chi connectivity index (χ4v) is 1.57. The lowest BCUT2D eigenvalue weighted by atomic mass is 10.3. The lowest BCUT2D eigenvalue weighted by molar-refractivity contribution is -0.136. The van der Waals surface area contributed by atoms with Crippen LogP contribution in [0.4, 0.5) is 0 Å². The minimum atomic E-state index is -0.766. The molecule has 3 nitrogen and oxygen atoms in total. The molecule has 0 aromatic carbocycles. The molecule has 0 spiro atoms. The maximum atomic E-state index is 10.1. The molecule has 0 aliphatic carbocycles. The molecule has 0 radical (unpaired) electrons. The first-order valence-corrected chi connectivity index (χ1v) is 5.26. The smallest absolute Gasteiger partial charge is 0.308 e. The van der Waals surface area contributed by atoms with E-state index in [0.717, 1.165) is 4.88 Å². The third-order valence-corrected chi connectivity index (χ3v) is 2.35. The second kappa shape index (κ2) is 6.73. The predicted octanol–water partition coefficient (Wildman–Crippen LogP) is 2.46. The minimum Gasteiger partial charge on any atom is -0.481 e. The summed E-state index contributed by atoms with van der Waals surface area (Å²) in [5.41, 5.74) is 0. The topological polar surface area (TPSA) is 50.2 Å². The van der Waals surface area contributed by atoms with Crippen LogP contribution in [0.1, 0.15) is 4.88 Å². The highest BCUT2D eigenvalue weighted by molar-refractivity contribution is 7.10. The number of thiophene rings is 1. The van der Waals surface area contributed by atoms with Gasteiger partial charge in [-0.25, -0.2) is 0 Å². The first-order valence-electron chi connectivity index (χ1n) is 4.38. The summed E-state index contributed by atoms with van der Waals surface area (Å²) < 4.78 is 0. The van der Waals surface area contributed by atoms with Gasteiger partial charge in [0, 0.05) is 17.3 Å². The van der Waals surface area contributed by atoms with Crippen molar-refractivity contribution in [3.05, 3.63) is 53.0 Å². The van der Waals surface area contributed by atoms with Crippen LogP contribution >= 0.6 is 11.3 Å². The van der Waals surface area contributed by atoms with E-state index in [4.69, 9.17) is 5.11 Å². The SMILES string of the molecule is O=C(O)Cc1cccs1.c1ccncc1. The lowest BCUT2D eigenvalue weighted by Crippen LogP contribution is -1.96. The van der Waals surface area contributed by atoms with Gasteiger partial charge in [-0.1, -0.05) is 12.1 Å². The molecule has 15 heavy (non-hydrogen) atoms. The summed E-state index contributed by atoms with van der Waals surface area (Å²) in [6, 6.07) is 9.38. The van der Waals surface area contributed by atoms with Crippen molar-refractivity contribution in [2.24, 2.45) is 0 Å². The molecule has 0 saturated heterocycles. The van der Waals surface area contributed by atoms with Crippen LogP contribution in [0.5, 0.6) is 0 Å². The fourth-order valence-electron chi connectivity index (χ4n) is 0.875. The van der Waals surface area contributed by atoms with Gasteiger partial charge in [-0.2, -0.15) is 0 Å². The Labute approximate surface area is 92.0 Å². The van der Waals surface area contributed by atoms with Crippen molar-refractivity contribution in [3.63, 3.8) is 0 Å². The average Bonchev–Trinajstić information content (AvgIpc) is 2.73. The number of pyridine rings is 1. The molecule has 2 rings (SSSR count). The van der Waals surface area contributed by atoms with Gasteiger partial charge >= 0.3 is 5.97 Å². The van der Waals surface area contributed by atoms with Crippen LogP contribution in [0.15, 0.2) is 48.1 Å². The Hall–Kier alpha value is -1.68. The van der Waals surface area contributed by atoms with E-state index in [-0.39, 0.29) is 6.42 Å². The van der Waals surface area contributed by atoms with Crippen LogP contribution in [0, 0.1) is 0 Å². The van der Waals surface area contributed by atoms with Gasteiger partial charge in [-0.15, -0.1) is 11.3 Å². The van der Waals surface area contributed by atoms with E-state index in [1.807, 2.05) is 35.7 Å². The number of carbonyl (C=O) groups is 1. The summed E-state index contributed by atoms with van der Waals surface area (Å²) in [5, 5.41) is 10.2. The Morgan fingerprint density at radius 3 is 2.33 bits per heavy atom. The molecule has 4 heteroatoms. The monoisotopic (exact) mass is 221 g/mol. The number of hydrogen-bond acceptors (Lipinski definition) is 3. The van der Waals surface area contributed by atoms with Crippen molar-refractivity contribution in [2.45, 2.75) is 6.42 Å². The van der Waals surface area contributed by atoms with Crippen LogP contribution in [0.2, 0.25) is 0 Å². The normalized spacial score (nSPS) is 8.80. The van der Waals surface area contributed by atoms with Crippen molar-refractivity contribution in [2.75, 3.05) is 0 Å². The highest BCUT2D eigenvalue weighted by Gasteiger charge is 1.98. The first kappa shape index (κ1) is 11.4. The van der Waals surface area contributed by atoms with Gasteiger partial charge in [0.25, 0.3) is 0 Å². The minimum absolute atomic E-state index is 0.150. The van der Waals surface area contributed by atoms with E-state index in [1.54, 1.807) is 12.4 Å². The van der Waals surface area contributed by atoms with E-state index < -0.39 is 5.97 Å². The van der Waals surface area contributed by atoms with E-state index in [2.05, 4.69) is 4.98 Å². The molecular weight excluding hydrogens is 210 g/mol. The van der Waals surface area contributed by atoms with Gasteiger partial charge in [-0.05, 0) is 23.6 Å². The lowest BCUT2D eigenvalue weighted by Gasteiger charge is -1.85. The highest BCUT2D eigenvalue weighted by atomic mass is 32.1. The first-order chi connectivity index (χ1) is 7.29. The van der Waals surface area contributed by atoms with Crippen LogP contribution < -0.4 is 0 Å². The van der Waals surface area contributed by atoms with Crippen LogP contribution in [0.25, 0.3) is 0 Å². The second-order valence-electron chi connectivity index (χ2n) is 2.67. The van der Waals surface area contributed by atoms with Gasteiger partial charge < -0.3 is 5.11 Å². The molecule has 0 saturated carbocycles. The number of carboxylic acid groups (broad SMARTS) is 1. The number of nitrogens with zero attached hydrogens (tertiary/aromatic N) is 1. The summed E-state index contributed by atoms with van der Waals surface area (Å²) in [4.78, 5) is 14.8. The molecule has 2 aromatic heterocycles. The molecule has 0 aliphatic heterocycles. The third-order valence-electron chi connectivity index (χ3n) is 1.47.